The van der Waals surface area contributed by atoms with Gasteiger partial charge in [-0.25, -0.2) is 0 Å². The molecule has 4 nitrogen and oxygen atoms in total. The molecule has 1 amide bonds. The van der Waals surface area contributed by atoms with Crippen LogP contribution < -0.4 is 10.1 Å². The lowest BCUT2D eigenvalue weighted by atomic mass is 10.2. The largest absolute Gasteiger partial charge is 0.492 e. The number of amides is 1. The van der Waals surface area contributed by atoms with Crippen LogP contribution in [0.3, 0.4) is 0 Å². The highest BCUT2D eigenvalue weighted by Crippen LogP contribution is 2.18. The van der Waals surface area contributed by atoms with Crippen LogP contribution in [-0.4, -0.2) is 43.1 Å². The average Bonchev–Trinajstić information content (AvgIpc) is 2.99. The summed E-state index contributed by atoms with van der Waals surface area (Å²) < 4.78 is 5.75. The summed E-state index contributed by atoms with van der Waals surface area (Å²) in [6.07, 6.45) is 4.72. The molecular weight excluding hydrogens is 276 g/mol. The lowest BCUT2D eigenvalue weighted by molar-refractivity contribution is -0.126. The Morgan fingerprint density at radius 1 is 1.41 bits per heavy atom. The van der Waals surface area contributed by atoms with Crippen LogP contribution in [0.1, 0.15) is 38.2 Å². The van der Waals surface area contributed by atoms with Gasteiger partial charge in [0.1, 0.15) is 12.4 Å². The third kappa shape index (κ3) is 5.02. The number of nitrogens with zero attached hydrogens (tertiary/aromatic N) is 1. The number of carbonyl (C=O) groups is 1. The van der Waals surface area contributed by atoms with Crippen LogP contribution >= 0.6 is 0 Å². The molecule has 2 rings (SSSR count). The average molecular weight is 304 g/mol. The molecular formula is C18H28N2O2. The predicted octanol–water partition coefficient (Wildman–Crippen LogP) is 2.75. The van der Waals surface area contributed by atoms with Crippen LogP contribution in [0.2, 0.25) is 0 Å². The minimum Gasteiger partial charge on any atom is -0.492 e. The van der Waals surface area contributed by atoms with E-state index in [2.05, 4.69) is 18.3 Å². The minimum atomic E-state index is -0.123. The molecule has 1 atom stereocenters. The molecule has 22 heavy (non-hydrogen) atoms. The molecule has 1 aliphatic rings. The molecule has 0 aromatic heterocycles. The van der Waals surface area contributed by atoms with Gasteiger partial charge in [-0.15, -0.1) is 0 Å². The van der Waals surface area contributed by atoms with Crippen molar-refractivity contribution in [3.63, 3.8) is 0 Å². The summed E-state index contributed by atoms with van der Waals surface area (Å²) in [7, 11) is 1.97. The molecule has 0 unspecified atom stereocenters. The van der Waals surface area contributed by atoms with Crippen molar-refractivity contribution in [2.24, 2.45) is 0 Å². The van der Waals surface area contributed by atoms with Crippen LogP contribution in [-0.2, 0) is 4.79 Å². The van der Waals surface area contributed by atoms with Gasteiger partial charge in [-0.05, 0) is 51.4 Å². The first kappa shape index (κ1) is 16.8. The second kappa shape index (κ2) is 8.18. The van der Waals surface area contributed by atoms with Gasteiger partial charge in [0, 0.05) is 12.6 Å². The van der Waals surface area contributed by atoms with Crippen LogP contribution in [0.25, 0.3) is 0 Å². The summed E-state index contributed by atoms with van der Waals surface area (Å²) in [6.45, 7) is 5.32. The van der Waals surface area contributed by atoms with E-state index in [9.17, 15) is 4.79 Å². The van der Waals surface area contributed by atoms with E-state index in [-0.39, 0.29) is 11.9 Å². The van der Waals surface area contributed by atoms with Crippen LogP contribution in [0.5, 0.6) is 5.75 Å². The lowest BCUT2D eigenvalue weighted by Crippen LogP contribution is -2.47. The fraction of sp³-hybridized carbons (Fsp3) is 0.611. The summed E-state index contributed by atoms with van der Waals surface area (Å²) in [5.74, 6) is 1.02. The quantitative estimate of drug-likeness (QED) is 0.842. The van der Waals surface area contributed by atoms with Gasteiger partial charge in [0.15, 0.2) is 0 Å². The maximum atomic E-state index is 12.2. The van der Waals surface area contributed by atoms with Gasteiger partial charge in [0.25, 0.3) is 0 Å². The highest BCUT2D eigenvalue weighted by atomic mass is 16.5. The number of hydrogen-bond donors (Lipinski definition) is 1. The smallest absolute Gasteiger partial charge is 0.237 e. The summed E-state index contributed by atoms with van der Waals surface area (Å²) in [5.41, 5.74) is 1.19. The molecule has 4 heteroatoms. The molecule has 0 aliphatic heterocycles. The highest BCUT2D eigenvalue weighted by molar-refractivity contribution is 5.81. The number of aryl methyl sites for hydroxylation is 1. The molecule has 0 heterocycles. The molecule has 1 aliphatic carbocycles. The Labute approximate surface area is 133 Å². The van der Waals surface area contributed by atoms with E-state index in [4.69, 9.17) is 4.74 Å². The number of ether oxygens (including phenoxy) is 1. The molecule has 1 fully saturated rings. The van der Waals surface area contributed by atoms with E-state index in [1.807, 2.05) is 37.1 Å². The van der Waals surface area contributed by atoms with E-state index in [0.29, 0.717) is 12.6 Å². The molecule has 0 radical (unpaired) electrons. The van der Waals surface area contributed by atoms with Crippen LogP contribution in [0.4, 0.5) is 0 Å². The molecule has 1 N–H and O–H groups in total. The van der Waals surface area contributed by atoms with E-state index in [1.54, 1.807) is 0 Å². The molecule has 1 saturated carbocycles. The normalized spacial score (nSPS) is 16.7. The number of likely N-dealkylation sites (N-methyl/N-ethyl adjacent to an activating group) is 1. The minimum absolute atomic E-state index is 0.123. The number of benzene rings is 1. The van der Waals surface area contributed by atoms with Gasteiger partial charge in [-0.1, -0.05) is 25.0 Å². The van der Waals surface area contributed by atoms with E-state index in [0.717, 1.165) is 25.1 Å². The van der Waals surface area contributed by atoms with Crippen LogP contribution in [0.15, 0.2) is 24.3 Å². The number of hydrogen-bond acceptors (Lipinski definition) is 3. The number of rotatable bonds is 7. The molecule has 0 saturated heterocycles. The lowest BCUT2D eigenvalue weighted by Gasteiger charge is -2.25. The third-order valence-electron chi connectivity index (χ3n) is 4.44. The van der Waals surface area contributed by atoms with E-state index < -0.39 is 0 Å². The fourth-order valence-electron chi connectivity index (χ4n) is 2.80. The second-order valence-electron chi connectivity index (χ2n) is 6.31. The summed E-state index contributed by atoms with van der Waals surface area (Å²) in [6, 6.07) is 8.29. The zero-order valence-electron chi connectivity index (χ0n) is 14.0. The molecule has 1 aromatic carbocycles. The third-order valence-corrected chi connectivity index (χ3v) is 4.44. The standard InChI is InChI=1S/C18H28N2O2/c1-14-7-6-10-17(13-14)22-12-11-20(3)15(2)18(21)19-16-8-4-5-9-16/h6-7,10,13,15-16H,4-5,8-9,11-12H2,1-3H3,(H,19,21)/t15-/m0/s1. The second-order valence-corrected chi connectivity index (χ2v) is 6.31. The van der Waals surface area contributed by atoms with E-state index >= 15 is 0 Å². The monoisotopic (exact) mass is 304 g/mol. The first-order valence-corrected chi connectivity index (χ1v) is 8.26. The maximum absolute atomic E-state index is 12.2. The van der Waals surface area contributed by atoms with Crippen molar-refractivity contribution in [2.75, 3.05) is 20.2 Å². The van der Waals surface area contributed by atoms with Crippen molar-refractivity contribution in [3.05, 3.63) is 29.8 Å². The van der Waals surface area contributed by atoms with E-state index in [1.165, 1.54) is 18.4 Å². The van der Waals surface area contributed by atoms with Crippen molar-refractivity contribution < 1.29 is 9.53 Å². The molecule has 0 spiro atoms. The predicted molar refractivity (Wildman–Crippen MR) is 89.2 cm³/mol. The van der Waals surface area contributed by atoms with Gasteiger partial charge in [0.05, 0.1) is 6.04 Å². The zero-order valence-corrected chi connectivity index (χ0v) is 14.0. The SMILES string of the molecule is Cc1cccc(OCCN(C)[C@@H](C)C(=O)NC2CCCC2)c1. The van der Waals surface area contributed by atoms with Gasteiger partial charge < -0.3 is 10.1 Å². The Morgan fingerprint density at radius 3 is 2.82 bits per heavy atom. The Balaban J connectivity index is 1.71. The maximum Gasteiger partial charge on any atom is 0.237 e. The topological polar surface area (TPSA) is 41.6 Å². The van der Waals surface area contributed by atoms with Gasteiger partial charge in [0.2, 0.25) is 5.91 Å². The Hall–Kier alpha value is -1.55. The van der Waals surface area contributed by atoms with Crippen molar-refractivity contribution in [1.29, 1.82) is 0 Å². The summed E-state index contributed by atoms with van der Waals surface area (Å²) in [5, 5.41) is 3.15. The Kier molecular flexibility index (Phi) is 6.25. The first-order valence-electron chi connectivity index (χ1n) is 8.26. The van der Waals surface area contributed by atoms with Gasteiger partial charge >= 0.3 is 0 Å². The zero-order chi connectivity index (χ0) is 15.9. The Bertz CT molecular complexity index is 484. The van der Waals surface area contributed by atoms with Crippen molar-refractivity contribution in [1.82, 2.24) is 10.2 Å². The number of nitrogens with one attached hydrogen (secondary N) is 1. The molecule has 0 bridgehead atoms. The molecule has 1 aromatic rings. The van der Waals surface area contributed by atoms with Gasteiger partial charge in [-0.2, -0.15) is 0 Å². The number of carbonyl (C=O) groups excluding carboxylic acids is 1. The fourth-order valence-corrected chi connectivity index (χ4v) is 2.80. The van der Waals surface area contributed by atoms with Gasteiger partial charge in [-0.3, -0.25) is 9.69 Å². The molecule has 122 valence electrons. The van der Waals surface area contributed by atoms with Crippen molar-refractivity contribution >= 4 is 5.91 Å². The van der Waals surface area contributed by atoms with Crippen molar-refractivity contribution in [2.45, 2.75) is 51.6 Å². The van der Waals surface area contributed by atoms with Crippen LogP contribution in [0, 0.1) is 6.92 Å². The summed E-state index contributed by atoms with van der Waals surface area (Å²) >= 11 is 0. The van der Waals surface area contributed by atoms with Crippen molar-refractivity contribution in [3.8, 4) is 5.75 Å². The summed E-state index contributed by atoms with van der Waals surface area (Å²) in [4.78, 5) is 14.3. The highest BCUT2D eigenvalue weighted by Gasteiger charge is 2.22. The Morgan fingerprint density at radius 2 is 2.14 bits per heavy atom. The first-order chi connectivity index (χ1) is 10.6.